The highest BCUT2D eigenvalue weighted by atomic mass is 32.2. The molecule has 1 fully saturated rings. The summed E-state index contributed by atoms with van der Waals surface area (Å²) >= 11 is 1.41. The molecule has 0 aromatic heterocycles. The number of nitrogens with one attached hydrogen (secondary N) is 1. The van der Waals surface area contributed by atoms with Crippen LogP contribution in [0.5, 0.6) is 0 Å². The second-order valence-corrected chi connectivity index (χ2v) is 7.46. The van der Waals surface area contributed by atoms with Crippen LogP contribution in [0.25, 0.3) is 0 Å². The summed E-state index contributed by atoms with van der Waals surface area (Å²) in [5.74, 6) is 0.0304. The fraction of sp³-hybridized carbons (Fsp3) is 0.300. The van der Waals surface area contributed by atoms with Gasteiger partial charge in [-0.1, -0.05) is 19.1 Å². The molecular weight excluding hydrogens is 389 g/mol. The van der Waals surface area contributed by atoms with Gasteiger partial charge in [0.25, 0.3) is 0 Å². The van der Waals surface area contributed by atoms with Crippen molar-refractivity contribution in [3.63, 3.8) is 0 Å². The van der Waals surface area contributed by atoms with Crippen LogP contribution in [0.15, 0.2) is 48.5 Å². The van der Waals surface area contributed by atoms with E-state index >= 15 is 0 Å². The number of rotatable bonds is 5. The highest BCUT2D eigenvalue weighted by molar-refractivity contribution is 8.00. The van der Waals surface area contributed by atoms with Crippen molar-refractivity contribution in [1.29, 1.82) is 0 Å². The quantitative estimate of drug-likeness (QED) is 0.738. The van der Waals surface area contributed by atoms with Gasteiger partial charge in [-0.15, -0.1) is 11.8 Å². The Hall–Kier alpha value is -2.48. The number of benzene rings is 2. The van der Waals surface area contributed by atoms with Gasteiger partial charge in [-0.05, 0) is 48.4 Å². The molecule has 0 radical (unpaired) electrons. The van der Waals surface area contributed by atoms with Gasteiger partial charge in [-0.25, -0.2) is 0 Å². The standard InChI is InChI=1S/C20H19F3N2O2S/c1-2-3-17(26)24-15-8-4-13(5-9-15)19-25(18(27)12-28-19)16-10-6-14(7-11-16)20(21,22)23/h4-11,19H,2-3,12H2,1H3,(H,24,26). The normalized spacial score (nSPS) is 17.1. The minimum atomic E-state index is -4.42. The molecule has 0 aliphatic carbocycles. The van der Waals surface area contributed by atoms with Crippen LogP contribution >= 0.6 is 11.8 Å². The fourth-order valence-electron chi connectivity index (χ4n) is 2.94. The van der Waals surface area contributed by atoms with Gasteiger partial charge >= 0.3 is 6.18 Å². The van der Waals surface area contributed by atoms with Crippen LogP contribution in [0, 0.1) is 0 Å². The highest BCUT2D eigenvalue weighted by Gasteiger charge is 2.35. The van der Waals surface area contributed by atoms with E-state index in [0.717, 1.165) is 24.1 Å². The van der Waals surface area contributed by atoms with Gasteiger partial charge in [0, 0.05) is 17.8 Å². The topological polar surface area (TPSA) is 49.4 Å². The highest BCUT2D eigenvalue weighted by Crippen LogP contribution is 2.42. The summed E-state index contributed by atoms with van der Waals surface area (Å²) in [6, 6.07) is 11.8. The zero-order valence-electron chi connectivity index (χ0n) is 15.1. The summed E-state index contributed by atoms with van der Waals surface area (Å²) in [5.41, 5.74) is 1.18. The summed E-state index contributed by atoms with van der Waals surface area (Å²) in [6.07, 6.45) is -3.22. The van der Waals surface area contributed by atoms with Crippen molar-refractivity contribution >= 4 is 35.0 Å². The van der Waals surface area contributed by atoms with Crippen molar-refractivity contribution < 1.29 is 22.8 Å². The van der Waals surface area contributed by atoms with Crippen LogP contribution in [-0.4, -0.2) is 17.6 Å². The first-order valence-electron chi connectivity index (χ1n) is 8.80. The van der Waals surface area contributed by atoms with E-state index in [-0.39, 0.29) is 22.9 Å². The van der Waals surface area contributed by atoms with Crippen LogP contribution in [-0.2, 0) is 15.8 Å². The van der Waals surface area contributed by atoms with Crippen molar-refractivity contribution in [1.82, 2.24) is 0 Å². The number of alkyl halides is 3. The first-order chi connectivity index (χ1) is 13.3. The third-order valence-corrected chi connectivity index (χ3v) is 5.51. The van der Waals surface area contributed by atoms with E-state index in [9.17, 15) is 22.8 Å². The zero-order valence-corrected chi connectivity index (χ0v) is 15.9. The van der Waals surface area contributed by atoms with Crippen LogP contribution in [0.1, 0.15) is 36.3 Å². The Kier molecular flexibility index (Phi) is 5.98. The lowest BCUT2D eigenvalue weighted by molar-refractivity contribution is -0.137. The maximum Gasteiger partial charge on any atom is 0.416 e. The number of amides is 2. The summed E-state index contributed by atoms with van der Waals surface area (Å²) in [4.78, 5) is 25.5. The lowest BCUT2D eigenvalue weighted by Crippen LogP contribution is -2.27. The molecule has 0 saturated carbocycles. The van der Waals surface area contributed by atoms with E-state index in [1.165, 1.54) is 28.8 Å². The number of nitrogens with zero attached hydrogens (tertiary/aromatic N) is 1. The average molecular weight is 408 g/mol. The van der Waals surface area contributed by atoms with E-state index in [1.54, 1.807) is 12.1 Å². The number of carbonyl (C=O) groups excluding carboxylic acids is 2. The van der Waals surface area contributed by atoms with E-state index in [1.807, 2.05) is 19.1 Å². The van der Waals surface area contributed by atoms with E-state index < -0.39 is 11.7 Å². The van der Waals surface area contributed by atoms with Gasteiger partial charge in [0.05, 0.1) is 11.3 Å². The Morgan fingerprint density at radius 2 is 1.79 bits per heavy atom. The Bertz CT molecular complexity index is 851. The predicted octanol–water partition coefficient (Wildman–Crippen LogP) is 5.22. The van der Waals surface area contributed by atoms with Crippen LogP contribution in [0.2, 0.25) is 0 Å². The number of hydrogen-bond acceptors (Lipinski definition) is 3. The largest absolute Gasteiger partial charge is 0.416 e. The summed E-state index contributed by atoms with van der Waals surface area (Å²) in [5, 5.41) is 2.47. The minimum Gasteiger partial charge on any atom is -0.326 e. The maximum atomic E-state index is 12.8. The summed E-state index contributed by atoms with van der Waals surface area (Å²) in [7, 11) is 0. The minimum absolute atomic E-state index is 0.0629. The molecule has 0 bridgehead atoms. The van der Waals surface area contributed by atoms with Gasteiger partial charge < -0.3 is 5.32 Å². The number of hydrogen-bond donors (Lipinski definition) is 1. The first-order valence-corrected chi connectivity index (χ1v) is 9.85. The molecule has 1 atom stereocenters. The van der Waals surface area contributed by atoms with Crippen LogP contribution < -0.4 is 10.2 Å². The second-order valence-electron chi connectivity index (χ2n) is 6.39. The van der Waals surface area contributed by atoms with Gasteiger partial charge in [0.1, 0.15) is 5.37 Å². The van der Waals surface area contributed by atoms with Crippen molar-refractivity contribution in [2.24, 2.45) is 0 Å². The molecule has 1 aliphatic rings. The van der Waals surface area contributed by atoms with Crippen molar-refractivity contribution in [3.05, 3.63) is 59.7 Å². The Balaban J connectivity index is 1.79. The van der Waals surface area contributed by atoms with E-state index in [2.05, 4.69) is 5.32 Å². The van der Waals surface area contributed by atoms with Gasteiger partial charge in [-0.3, -0.25) is 14.5 Å². The molecule has 148 valence electrons. The Labute approximate surface area is 165 Å². The van der Waals surface area contributed by atoms with Crippen molar-refractivity contribution in [2.75, 3.05) is 16.0 Å². The van der Waals surface area contributed by atoms with Crippen LogP contribution in [0.3, 0.4) is 0 Å². The molecule has 1 aliphatic heterocycles. The first kappa shape index (κ1) is 20.3. The molecule has 4 nitrogen and oxygen atoms in total. The van der Waals surface area contributed by atoms with Gasteiger partial charge in [-0.2, -0.15) is 13.2 Å². The second kappa shape index (κ2) is 8.26. The fourth-order valence-corrected chi connectivity index (χ4v) is 4.12. The molecule has 1 N–H and O–H groups in total. The summed E-state index contributed by atoms with van der Waals surface area (Å²) in [6.45, 7) is 1.92. The summed E-state index contributed by atoms with van der Waals surface area (Å²) < 4.78 is 38.3. The van der Waals surface area contributed by atoms with Crippen molar-refractivity contribution in [2.45, 2.75) is 31.3 Å². The number of carbonyl (C=O) groups is 2. The molecule has 0 spiro atoms. The monoisotopic (exact) mass is 408 g/mol. The SMILES string of the molecule is CCCC(=O)Nc1ccc(C2SCC(=O)N2c2ccc(C(F)(F)F)cc2)cc1. The lowest BCUT2D eigenvalue weighted by atomic mass is 10.1. The van der Waals surface area contributed by atoms with E-state index in [0.29, 0.717) is 17.8 Å². The zero-order chi connectivity index (χ0) is 20.3. The predicted molar refractivity (Wildman–Crippen MR) is 104 cm³/mol. The number of thioether (sulfide) groups is 1. The molecule has 2 aromatic carbocycles. The third-order valence-electron chi connectivity index (χ3n) is 4.30. The average Bonchev–Trinajstić information content (AvgIpc) is 3.03. The van der Waals surface area contributed by atoms with Crippen LogP contribution in [0.4, 0.5) is 24.5 Å². The lowest BCUT2D eigenvalue weighted by Gasteiger charge is -2.25. The molecule has 2 aromatic rings. The molecule has 8 heteroatoms. The third kappa shape index (κ3) is 4.49. The Morgan fingerprint density at radius 1 is 1.14 bits per heavy atom. The number of anilines is 2. The van der Waals surface area contributed by atoms with Gasteiger partial charge in [0.15, 0.2) is 0 Å². The molecular formula is C20H19F3N2O2S. The van der Waals surface area contributed by atoms with E-state index in [4.69, 9.17) is 0 Å². The molecule has 2 amide bonds. The Morgan fingerprint density at radius 3 is 2.36 bits per heavy atom. The molecule has 28 heavy (non-hydrogen) atoms. The molecule has 1 heterocycles. The smallest absolute Gasteiger partial charge is 0.326 e. The van der Waals surface area contributed by atoms with Crippen molar-refractivity contribution in [3.8, 4) is 0 Å². The molecule has 1 unspecified atom stereocenters. The van der Waals surface area contributed by atoms with Gasteiger partial charge in [0.2, 0.25) is 11.8 Å². The maximum absolute atomic E-state index is 12.8. The number of halogens is 3. The molecule has 3 rings (SSSR count). The molecule has 1 saturated heterocycles.